The van der Waals surface area contributed by atoms with Gasteiger partial charge >= 0.3 is 0 Å². The largest absolute Gasteiger partial charge is 0.365 e. The van der Waals surface area contributed by atoms with Crippen LogP contribution in [0.1, 0.15) is 10.4 Å². The Morgan fingerprint density at radius 2 is 2.33 bits per heavy atom. The summed E-state index contributed by atoms with van der Waals surface area (Å²) in [5.41, 5.74) is 0.643. The molecule has 18 heavy (non-hydrogen) atoms. The molecule has 0 unspecified atom stereocenters. The van der Waals surface area contributed by atoms with Crippen LogP contribution < -0.4 is 5.32 Å². The summed E-state index contributed by atoms with van der Waals surface area (Å²) >= 11 is 4.99. The van der Waals surface area contributed by atoms with E-state index in [2.05, 4.69) is 26.2 Å². The topological polar surface area (TPSA) is 68.1 Å². The lowest BCUT2D eigenvalue weighted by molar-refractivity contribution is -0.385. The zero-order chi connectivity index (χ0) is 13.1. The normalized spacial score (nSPS) is 10.3. The van der Waals surface area contributed by atoms with Crippen molar-refractivity contribution in [3.05, 3.63) is 48.7 Å². The average molecular weight is 328 g/mol. The van der Waals surface area contributed by atoms with E-state index in [0.717, 1.165) is 9.35 Å². The lowest BCUT2D eigenvalue weighted by atomic mass is 10.2. The van der Waals surface area contributed by atoms with Crippen LogP contribution in [0.3, 0.4) is 0 Å². The molecule has 2 aromatic rings. The maximum Gasteiger partial charge on any atom is 0.277 e. The van der Waals surface area contributed by atoms with Crippen LogP contribution in [0, 0.1) is 17.0 Å². The van der Waals surface area contributed by atoms with E-state index in [-0.39, 0.29) is 5.69 Å². The Morgan fingerprint density at radius 3 is 2.94 bits per heavy atom. The quantitative estimate of drug-likeness (QED) is 0.686. The van der Waals surface area contributed by atoms with Gasteiger partial charge in [-0.1, -0.05) is 0 Å². The second kappa shape index (κ2) is 5.45. The van der Waals surface area contributed by atoms with E-state index in [1.165, 1.54) is 12.3 Å². The van der Waals surface area contributed by atoms with E-state index < -0.39 is 4.92 Å². The van der Waals surface area contributed by atoms with Gasteiger partial charge in [-0.2, -0.15) is 0 Å². The number of aromatic nitrogens is 1. The average Bonchev–Trinajstić information content (AvgIpc) is 2.74. The van der Waals surface area contributed by atoms with E-state index >= 15 is 0 Å². The Kier molecular flexibility index (Phi) is 3.93. The molecular formula is C11H10BrN3O2S. The second-order valence-electron chi connectivity index (χ2n) is 3.70. The minimum absolute atomic E-state index is 0.0832. The minimum Gasteiger partial charge on any atom is -0.365 e. The summed E-state index contributed by atoms with van der Waals surface area (Å²) < 4.78 is 1.03. The molecule has 0 saturated heterocycles. The molecule has 5 nitrogen and oxygen atoms in total. The number of rotatable bonds is 4. The van der Waals surface area contributed by atoms with Crippen molar-refractivity contribution in [1.82, 2.24) is 4.98 Å². The number of nitro groups is 1. The van der Waals surface area contributed by atoms with Gasteiger partial charge in [0.05, 0.1) is 17.5 Å². The van der Waals surface area contributed by atoms with Crippen molar-refractivity contribution in [2.24, 2.45) is 0 Å². The first kappa shape index (κ1) is 13.0. The molecule has 0 aromatic carbocycles. The number of thiophene rings is 1. The first-order chi connectivity index (χ1) is 8.56. The molecule has 94 valence electrons. The van der Waals surface area contributed by atoms with Gasteiger partial charge in [-0.15, -0.1) is 11.3 Å². The Bertz CT molecular complexity index is 585. The van der Waals surface area contributed by atoms with Gasteiger partial charge in [0, 0.05) is 26.5 Å². The number of nitrogens with zero attached hydrogens (tertiary/aromatic N) is 2. The smallest absolute Gasteiger partial charge is 0.277 e. The maximum absolute atomic E-state index is 10.8. The lowest BCUT2D eigenvalue weighted by Gasteiger charge is -2.04. The van der Waals surface area contributed by atoms with Crippen LogP contribution >= 0.6 is 27.3 Å². The molecule has 0 aliphatic rings. The molecule has 2 aromatic heterocycles. The van der Waals surface area contributed by atoms with Gasteiger partial charge < -0.3 is 5.32 Å². The van der Waals surface area contributed by atoms with Crippen LogP contribution in [-0.4, -0.2) is 9.91 Å². The number of pyridine rings is 1. The van der Waals surface area contributed by atoms with Gasteiger partial charge in [0.2, 0.25) is 0 Å². The Hall–Kier alpha value is -1.47. The first-order valence-electron chi connectivity index (χ1n) is 5.14. The van der Waals surface area contributed by atoms with Gasteiger partial charge in [-0.3, -0.25) is 10.1 Å². The number of hydrogen-bond acceptors (Lipinski definition) is 5. The van der Waals surface area contributed by atoms with Crippen LogP contribution in [-0.2, 0) is 6.54 Å². The van der Waals surface area contributed by atoms with Crippen molar-refractivity contribution in [3.8, 4) is 0 Å². The summed E-state index contributed by atoms with van der Waals surface area (Å²) in [6.45, 7) is 2.27. The van der Waals surface area contributed by atoms with E-state index in [9.17, 15) is 10.1 Å². The molecule has 7 heteroatoms. The fourth-order valence-corrected chi connectivity index (χ4v) is 2.82. The summed E-state index contributed by atoms with van der Waals surface area (Å²) in [7, 11) is 0. The third-order valence-corrected chi connectivity index (χ3v) is 4.03. The van der Waals surface area contributed by atoms with E-state index in [1.54, 1.807) is 18.3 Å². The first-order valence-corrected chi connectivity index (χ1v) is 6.81. The van der Waals surface area contributed by atoms with Crippen molar-refractivity contribution in [2.75, 3.05) is 5.32 Å². The fraction of sp³-hybridized carbons (Fsp3) is 0.182. The predicted molar refractivity (Wildman–Crippen MR) is 75.0 cm³/mol. The summed E-state index contributed by atoms with van der Waals surface area (Å²) in [5.74, 6) is 0.511. The van der Waals surface area contributed by atoms with Gasteiger partial charge in [0.15, 0.2) is 0 Å². The standard InChI is InChI=1S/C11H10BrN3O2S/c1-7-4-13-11(3-10(7)15(16)17)14-5-9-2-8(12)6-18-9/h2-4,6H,5H2,1H3,(H,13,14). The SMILES string of the molecule is Cc1cnc(NCc2cc(Br)cs2)cc1[N+](=O)[O-]. The molecule has 0 bridgehead atoms. The van der Waals surface area contributed by atoms with Crippen LogP contribution in [0.5, 0.6) is 0 Å². The van der Waals surface area contributed by atoms with Crippen molar-refractivity contribution < 1.29 is 4.92 Å². The minimum atomic E-state index is -0.399. The summed E-state index contributed by atoms with van der Waals surface area (Å²) in [6, 6.07) is 3.46. The number of halogens is 1. The number of nitrogens with one attached hydrogen (secondary N) is 1. The molecule has 0 fully saturated rings. The molecule has 0 aliphatic carbocycles. The lowest BCUT2D eigenvalue weighted by Crippen LogP contribution is -2.01. The highest BCUT2D eigenvalue weighted by Gasteiger charge is 2.11. The highest BCUT2D eigenvalue weighted by molar-refractivity contribution is 9.10. The molecule has 0 saturated carbocycles. The molecule has 0 aliphatic heterocycles. The van der Waals surface area contributed by atoms with Gasteiger partial charge in [-0.25, -0.2) is 4.98 Å². The van der Waals surface area contributed by atoms with Crippen LogP contribution in [0.25, 0.3) is 0 Å². The second-order valence-corrected chi connectivity index (χ2v) is 5.61. The Labute approximate surface area is 116 Å². The molecule has 0 atom stereocenters. The van der Waals surface area contributed by atoms with Crippen LogP contribution in [0.2, 0.25) is 0 Å². The monoisotopic (exact) mass is 327 g/mol. The molecule has 0 amide bonds. The molecule has 0 radical (unpaired) electrons. The van der Waals surface area contributed by atoms with Crippen LogP contribution in [0.15, 0.2) is 28.2 Å². The zero-order valence-corrected chi connectivity index (χ0v) is 11.9. The van der Waals surface area contributed by atoms with Crippen molar-refractivity contribution in [1.29, 1.82) is 0 Å². The van der Waals surface area contributed by atoms with E-state index in [1.807, 2.05) is 11.4 Å². The number of anilines is 1. The van der Waals surface area contributed by atoms with Crippen molar-refractivity contribution in [3.63, 3.8) is 0 Å². The number of hydrogen-bond donors (Lipinski definition) is 1. The van der Waals surface area contributed by atoms with E-state index in [0.29, 0.717) is 17.9 Å². The summed E-state index contributed by atoms with van der Waals surface area (Å²) in [6.07, 6.45) is 1.50. The number of aryl methyl sites for hydroxylation is 1. The third-order valence-electron chi connectivity index (χ3n) is 2.34. The predicted octanol–water partition coefficient (Wildman–Crippen LogP) is 3.73. The highest BCUT2D eigenvalue weighted by atomic mass is 79.9. The highest BCUT2D eigenvalue weighted by Crippen LogP contribution is 2.22. The molecule has 2 rings (SSSR count). The van der Waals surface area contributed by atoms with Crippen molar-refractivity contribution in [2.45, 2.75) is 13.5 Å². The molecular weight excluding hydrogens is 318 g/mol. The summed E-state index contributed by atoms with van der Waals surface area (Å²) in [4.78, 5) is 15.7. The molecule has 1 N–H and O–H groups in total. The van der Waals surface area contributed by atoms with Gasteiger partial charge in [0.1, 0.15) is 5.82 Å². The summed E-state index contributed by atoms with van der Waals surface area (Å²) in [5, 5.41) is 15.9. The zero-order valence-electron chi connectivity index (χ0n) is 9.51. The van der Waals surface area contributed by atoms with Gasteiger partial charge in [-0.05, 0) is 28.9 Å². The molecule has 0 spiro atoms. The van der Waals surface area contributed by atoms with Crippen molar-refractivity contribution >= 4 is 38.8 Å². The van der Waals surface area contributed by atoms with Gasteiger partial charge in [0.25, 0.3) is 5.69 Å². The maximum atomic E-state index is 10.8. The Morgan fingerprint density at radius 1 is 1.56 bits per heavy atom. The fourth-order valence-electron chi connectivity index (χ4n) is 1.43. The van der Waals surface area contributed by atoms with E-state index in [4.69, 9.17) is 0 Å². The molecule has 2 heterocycles. The third kappa shape index (κ3) is 3.05. The van der Waals surface area contributed by atoms with Crippen LogP contribution in [0.4, 0.5) is 11.5 Å². The Balaban J connectivity index is 2.10.